The van der Waals surface area contributed by atoms with Crippen molar-refractivity contribution < 1.29 is 4.79 Å². The molecule has 1 amide bonds. The minimum atomic E-state index is 0.0726. The second-order valence-corrected chi connectivity index (χ2v) is 3.80. The van der Waals surface area contributed by atoms with Gasteiger partial charge in [0.1, 0.15) is 5.84 Å². The first-order chi connectivity index (χ1) is 7.77. The van der Waals surface area contributed by atoms with E-state index in [1.54, 1.807) is 0 Å². The molecule has 16 heavy (non-hydrogen) atoms. The average molecular weight is 217 g/mol. The van der Waals surface area contributed by atoms with Gasteiger partial charge in [0, 0.05) is 31.6 Å². The summed E-state index contributed by atoms with van der Waals surface area (Å²) in [5.74, 6) is 0.570. The maximum absolute atomic E-state index is 11.2. The van der Waals surface area contributed by atoms with E-state index in [0.29, 0.717) is 31.9 Å². The number of hydrogen-bond donors (Lipinski definition) is 2. The molecule has 0 bridgehead atoms. The third-order valence-electron chi connectivity index (χ3n) is 2.68. The van der Waals surface area contributed by atoms with Crippen LogP contribution in [0.25, 0.3) is 0 Å². The fourth-order valence-corrected chi connectivity index (χ4v) is 1.77. The summed E-state index contributed by atoms with van der Waals surface area (Å²) in [6.07, 6.45) is 0.467. The first kappa shape index (κ1) is 10.7. The molecule has 1 saturated heterocycles. The molecule has 84 valence electrons. The number of amides is 1. The predicted molar refractivity (Wildman–Crippen MR) is 62.5 cm³/mol. The van der Waals surface area contributed by atoms with Gasteiger partial charge in [0.2, 0.25) is 5.91 Å². The van der Waals surface area contributed by atoms with Crippen LogP contribution in [0.5, 0.6) is 0 Å². The second-order valence-electron chi connectivity index (χ2n) is 3.80. The number of benzene rings is 1. The van der Waals surface area contributed by atoms with Gasteiger partial charge in [-0.25, -0.2) is 0 Å². The molecule has 4 heteroatoms. The zero-order valence-electron chi connectivity index (χ0n) is 9.07. The third kappa shape index (κ3) is 2.39. The van der Waals surface area contributed by atoms with E-state index < -0.39 is 0 Å². The molecule has 2 N–H and O–H groups in total. The van der Waals surface area contributed by atoms with E-state index in [1.807, 2.05) is 35.2 Å². The number of carbonyl (C=O) groups excluding carboxylic acids is 1. The molecular formula is C12H15N3O. The highest BCUT2D eigenvalue weighted by atomic mass is 16.1. The van der Waals surface area contributed by atoms with E-state index >= 15 is 0 Å². The minimum Gasteiger partial charge on any atom is -0.354 e. The van der Waals surface area contributed by atoms with Crippen molar-refractivity contribution in [2.75, 3.05) is 19.6 Å². The summed E-state index contributed by atoms with van der Waals surface area (Å²) >= 11 is 0. The van der Waals surface area contributed by atoms with Gasteiger partial charge in [0.25, 0.3) is 0 Å². The molecule has 1 aliphatic rings. The molecule has 0 unspecified atom stereocenters. The summed E-state index contributed by atoms with van der Waals surface area (Å²) in [5, 5.41) is 10.9. The molecular weight excluding hydrogens is 202 g/mol. The van der Waals surface area contributed by atoms with Crippen LogP contribution in [0.3, 0.4) is 0 Å². The summed E-state index contributed by atoms with van der Waals surface area (Å²) in [5.41, 5.74) is 0.900. The minimum absolute atomic E-state index is 0.0726. The van der Waals surface area contributed by atoms with Crippen LogP contribution < -0.4 is 5.32 Å². The highest BCUT2D eigenvalue weighted by molar-refractivity contribution is 5.96. The van der Waals surface area contributed by atoms with E-state index in [0.717, 1.165) is 5.56 Å². The molecule has 1 aliphatic heterocycles. The number of rotatable bonds is 1. The van der Waals surface area contributed by atoms with Crippen LogP contribution in [0.4, 0.5) is 0 Å². The van der Waals surface area contributed by atoms with E-state index in [9.17, 15) is 4.79 Å². The Morgan fingerprint density at radius 3 is 2.75 bits per heavy atom. The number of hydrogen-bond acceptors (Lipinski definition) is 2. The molecule has 0 aromatic heterocycles. The molecule has 1 fully saturated rings. The van der Waals surface area contributed by atoms with Gasteiger partial charge in [-0.1, -0.05) is 30.3 Å². The quantitative estimate of drug-likeness (QED) is 0.541. The number of amidine groups is 1. The van der Waals surface area contributed by atoms with Crippen molar-refractivity contribution in [1.29, 1.82) is 5.41 Å². The van der Waals surface area contributed by atoms with Gasteiger partial charge < -0.3 is 10.2 Å². The van der Waals surface area contributed by atoms with Crippen LogP contribution >= 0.6 is 0 Å². The Kier molecular flexibility index (Phi) is 3.19. The lowest BCUT2D eigenvalue weighted by Crippen LogP contribution is -2.34. The summed E-state index contributed by atoms with van der Waals surface area (Å²) in [4.78, 5) is 13.1. The van der Waals surface area contributed by atoms with Crippen LogP contribution in [0.15, 0.2) is 30.3 Å². The van der Waals surface area contributed by atoms with Gasteiger partial charge in [0.05, 0.1) is 0 Å². The van der Waals surface area contributed by atoms with E-state index in [-0.39, 0.29) is 5.91 Å². The first-order valence-corrected chi connectivity index (χ1v) is 5.43. The van der Waals surface area contributed by atoms with Gasteiger partial charge in [-0.15, -0.1) is 0 Å². The Bertz CT molecular complexity index is 389. The Morgan fingerprint density at radius 2 is 2.00 bits per heavy atom. The fraction of sp³-hybridized carbons (Fsp3) is 0.333. The van der Waals surface area contributed by atoms with Crippen molar-refractivity contribution in [3.8, 4) is 0 Å². The maximum atomic E-state index is 11.2. The molecule has 1 aromatic carbocycles. The molecule has 0 saturated carbocycles. The van der Waals surface area contributed by atoms with Crippen molar-refractivity contribution in [2.45, 2.75) is 6.42 Å². The Balaban J connectivity index is 2.07. The molecule has 0 aliphatic carbocycles. The van der Waals surface area contributed by atoms with E-state index in [1.165, 1.54) is 0 Å². The lowest BCUT2D eigenvalue weighted by atomic mass is 10.2. The fourth-order valence-electron chi connectivity index (χ4n) is 1.77. The lowest BCUT2D eigenvalue weighted by Gasteiger charge is -2.22. The Labute approximate surface area is 94.8 Å². The second kappa shape index (κ2) is 4.79. The molecule has 0 atom stereocenters. The standard InChI is InChI=1S/C12H15N3O/c13-12(10-4-2-1-3-5-10)15-8-6-11(16)14-7-9-15/h1-5,13H,6-9H2,(H,14,16). The zero-order chi connectivity index (χ0) is 11.4. The maximum Gasteiger partial charge on any atom is 0.221 e. The Hall–Kier alpha value is -1.84. The SMILES string of the molecule is N=C(c1ccccc1)N1CCNC(=O)CC1. The summed E-state index contributed by atoms with van der Waals surface area (Å²) < 4.78 is 0. The van der Waals surface area contributed by atoms with Crippen molar-refractivity contribution in [1.82, 2.24) is 10.2 Å². The molecule has 4 nitrogen and oxygen atoms in total. The molecule has 0 spiro atoms. The topological polar surface area (TPSA) is 56.2 Å². The third-order valence-corrected chi connectivity index (χ3v) is 2.68. The van der Waals surface area contributed by atoms with Gasteiger partial charge in [-0.05, 0) is 0 Å². The van der Waals surface area contributed by atoms with Crippen molar-refractivity contribution in [3.05, 3.63) is 35.9 Å². The summed E-state index contributed by atoms with van der Waals surface area (Å²) in [6, 6.07) is 9.62. The zero-order valence-corrected chi connectivity index (χ0v) is 9.07. The van der Waals surface area contributed by atoms with Crippen molar-refractivity contribution in [2.24, 2.45) is 0 Å². The highest BCUT2D eigenvalue weighted by Gasteiger charge is 2.16. The van der Waals surface area contributed by atoms with E-state index in [4.69, 9.17) is 5.41 Å². The Morgan fingerprint density at radius 1 is 1.25 bits per heavy atom. The smallest absolute Gasteiger partial charge is 0.221 e. The van der Waals surface area contributed by atoms with Gasteiger partial charge in [0.15, 0.2) is 0 Å². The predicted octanol–water partition coefficient (Wildman–Crippen LogP) is 0.834. The molecule has 1 aromatic rings. The van der Waals surface area contributed by atoms with E-state index in [2.05, 4.69) is 5.32 Å². The monoisotopic (exact) mass is 217 g/mol. The van der Waals surface area contributed by atoms with Crippen LogP contribution in [-0.4, -0.2) is 36.3 Å². The first-order valence-electron chi connectivity index (χ1n) is 5.43. The largest absolute Gasteiger partial charge is 0.354 e. The van der Waals surface area contributed by atoms with Crippen molar-refractivity contribution >= 4 is 11.7 Å². The van der Waals surface area contributed by atoms with Crippen LogP contribution in [0.2, 0.25) is 0 Å². The molecule has 1 heterocycles. The molecule has 2 rings (SSSR count). The van der Waals surface area contributed by atoms with Gasteiger partial charge >= 0.3 is 0 Å². The van der Waals surface area contributed by atoms with Crippen LogP contribution in [-0.2, 0) is 4.79 Å². The number of nitrogens with one attached hydrogen (secondary N) is 2. The average Bonchev–Trinajstić information content (AvgIpc) is 2.54. The van der Waals surface area contributed by atoms with Gasteiger partial charge in [-0.3, -0.25) is 10.2 Å². The van der Waals surface area contributed by atoms with Gasteiger partial charge in [-0.2, -0.15) is 0 Å². The highest BCUT2D eigenvalue weighted by Crippen LogP contribution is 2.06. The number of nitrogens with zero attached hydrogens (tertiary/aromatic N) is 1. The normalized spacial score (nSPS) is 16.5. The lowest BCUT2D eigenvalue weighted by molar-refractivity contribution is -0.120. The van der Waals surface area contributed by atoms with Crippen LogP contribution in [0.1, 0.15) is 12.0 Å². The van der Waals surface area contributed by atoms with Crippen LogP contribution in [0, 0.1) is 5.41 Å². The summed E-state index contributed by atoms with van der Waals surface area (Å²) in [7, 11) is 0. The summed E-state index contributed by atoms with van der Waals surface area (Å²) in [6.45, 7) is 1.95. The molecule has 0 radical (unpaired) electrons. The number of carbonyl (C=O) groups is 1. The van der Waals surface area contributed by atoms with Crippen molar-refractivity contribution in [3.63, 3.8) is 0 Å².